The van der Waals surface area contributed by atoms with Crippen molar-refractivity contribution in [1.29, 1.82) is 0 Å². The van der Waals surface area contributed by atoms with E-state index >= 15 is 0 Å². The Labute approximate surface area is 163 Å². The van der Waals surface area contributed by atoms with Crippen LogP contribution >= 0.6 is 0 Å². The lowest BCUT2D eigenvalue weighted by Gasteiger charge is -2.10. The smallest absolute Gasteiger partial charge is 0.338 e. The number of hydrogen-bond acceptors (Lipinski definition) is 5. The molecule has 142 valence electrons. The zero-order chi connectivity index (χ0) is 19.8. The number of Topliss-reactive ketones (excluding diaryl/α,β-unsaturated/α-hetero) is 1. The van der Waals surface area contributed by atoms with Crippen LogP contribution < -0.4 is 9.47 Å². The van der Waals surface area contributed by atoms with Gasteiger partial charge in [0.15, 0.2) is 23.9 Å². The van der Waals surface area contributed by atoms with Gasteiger partial charge in [0.1, 0.15) is 6.61 Å². The largest absolute Gasteiger partial charge is 0.493 e. The Bertz CT molecular complexity index is 933. The Hall–Kier alpha value is -3.60. The molecule has 0 fully saturated rings. The highest BCUT2D eigenvalue weighted by atomic mass is 16.5. The van der Waals surface area contributed by atoms with Gasteiger partial charge in [-0.2, -0.15) is 0 Å². The Balaban J connectivity index is 1.53. The molecule has 0 spiro atoms. The van der Waals surface area contributed by atoms with Crippen LogP contribution in [0.1, 0.15) is 26.3 Å². The van der Waals surface area contributed by atoms with Crippen molar-refractivity contribution in [1.82, 2.24) is 0 Å². The molecule has 0 aliphatic carbocycles. The molecule has 0 bridgehead atoms. The summed E-state index contributed by atoms with van der Waals surface area (Å²) < 4.78 is 16.1. The van der Waals surface area contributed by atoms with Crippen molar-refractivity contribution in [2.45, 2.75) is 6.61 Å². The van der Waals surface area contributed by atoms with E-state index < -0.39 is 5.97 Å². The number of rotatable bonds is 8. The molecule has 5 heteroatoms. The number of ether oxygens (including phenoxy) is 3. The summed E-state index contributed by atoms with van der Waals surface area (Å²) in [5.41, 5.74) is 1.78. The van der Waals surface area contributed by atoms with Gasteiger partial charge >= 0.3 is 5.97 Å². The van der Waals surface area contributed by atoms with Crippen molar-refractivity contribution in [3.05, 3.63) is 95.6 Å². The highest BCUT2D eigenvalue weighted by molar-refractivity contribution is 5.99. The fraction of sp³-hybridized carbons (Fsp3) is 0.130. The summed E-state index contributed by atoms with van der Waals surface area (Å²) in [5.74, 6) is 0.524. The fourth-order valence-electron chi connectivity index (χ4n) is 2.56. The number of hydrogen-bond donors (Lipinski definition) is 0. The summed E-state index contributed by atoms with van der Waals surface area (Å²) in [4.78, 5) is 24.1. The van der Waals surface area contributed by atoms with Crippen molar-refractivity contribution < 1.29 is 23.8 Å². The van der Waals surface area contributed by atoms with Gasteiger partial charge in [-0.1, -0.05) is 54.6 Å². The van der Waals surface area contributed by atoms with E-state index in [-0.39, 0.29) is 12.4 Å². The quantitative estimate of drug-likeness (QED) is 0.433. The van der Waals surface area contributed by atoms with Crippen molar-refractivity contribution >= 4 is 11.8 Å². The molecule has 0 aliphatic heterocycles. The Morgan fingerprint density at radius 2 is 1.39 bits per heavy atom. The van der Waals surface area contributed by atoms with E-state index in [9.17, 15) is 9.59 Å². The number of esters is 1. The number of benzene rings is 3. The van der Waals surface area contributed by atoms with Gasteiger partial charge in [0.05, 0.1) is 12.7 Å². The predicted octanol–water partition coefficient (Wildman–Crippen LogP) is 4.31. The summed E-state index contributed by atoms with van der Waals surface area (Å²) in [6.45, 7) is 0.0453. The van der Waals surface area contributed by atoms with E-state index in [0.29, 0.717) is 29.2 Å². The maximum absolute atomic E-state index is 12.1. The normalized spacial score (nSPS) is 10.2. The third-order valence-corrected chi connectivity index (χ3v) is 4.08. The lowest BCUT2D eigenvalue weighted by atomic mass is 10.1. The van der Waals surface area contributed by atoms with Crippen LogP contribution in [0.4, 0.5) is 0 Å². The lowest BCUT2D eigenvalue weighted by molar-refractivity contribution is 0.0474. The molecule has 0 unspecified atom stereocenters. The van der Waals surface area contributed by atoms with Gasteiger partial charge in [-0.25, -0.2) is 4.79 Å². The summed E-state index contributed by atoms with van der Waals surface area (Å²) >= 11 is 0. The molecular weight excluding hydrogens is 356 g/mol. The summed E-state index contributed by atoms with van der Waals surface area (Å²) in [6.07, 6.45) is 0. The summed E-state index contributed by atoms with van der Waals surface area (Å²) in [7, 11) is 1.59. The molecular formula is C23H20O5. The minimum atomic E-state index is -0.540. The Morgan fingerprint density at radius 1 is 0.750 bits per heavy atom. The van der Waals surface area contributed by atoms with Crippen LogP contribution in [0.2, 0.25) is 0 Å². The minimum Gasteiger partial charge on any atom is -0.493 e. The van der Waals surface area contributed by atoms with Gasteiger partial charge in [-0.15, -0.1) is 0 Å². The fourth-order valence-corrected chi connectivity index (χ4v) is 2.56. The monoisotopic (exact) mass is 376 g/mol. The molecule has 0 N–H and O–H groups in total. The van der Waals surface area contributed by atoms with Crippen molar-refractivity contribution in [2.75, 3.05) is 13.7 Å². The van der Waals surface area contributed by atoms with Gasteiger partial charge < -0.3 is 14.2 Å². The standard InChI is InChI=1S/C23H20O5/c1-26-21-9-5-6-10-22(21)27-15-17-11-13-19(14-12-17)23(25)28-16-20(24)18-7-3-2-4-8-18/h2-14H,15-16H2,1H3. The molecule has 5 nitrogen and oxygen atoms in total. The number of ketones is 1. The third kappa shape index (κ3) is 4.98. The highest BCUT2D eigenvalue weighted by Gasteiger charge is 2.12. The predicted molar refractivity (Wildman–Crippen MR) is 105 cm³/mol. The first-order valence-electron chi connectivity index (χ1n) is 8.77. The molecule has 28 heavy (non-hydrogen) atoms. The summed E-state index contributed by atoms with van der Waals surface area (Å²) in [5, 5.41) is 0. The minimum absolute atomic E-state index is 0.240. The maximum atomic E-state index is 12.1. The molecule has 3 aromatic rings. The number of carbonyl (C=O) groups is 2. The van der Waals surface area contributed by atoms with Crippen molar-refractivity contribution in [3.63, 3.8) is 0 Å². The zero-order valence-corrected chi connectivity index (χ0v) is 15.5. The zero-order valence-electron chi connectivity index (χ0n) is 15.5. The van der Waals surface area contributed by atoms with Crippen LogP contribution in [0.15, 0.2) is 78.9 Å². The van der Waals surface area contributed by atoms with E-state index in [1.165, 1.54) is 0 Å². The van der Waals surface area contributed by atoms with Gasteiger partial charge in [0.25, 0.3) is 0 Å². The van der Waals surface area contributed by atoms with E-state index in [2.05, 4.69) is 0 Å². The third-order valence-electron chi connectivity index (χ3n) is 4.08. The van der Waals surface area contributed by atoms with Crippen LogP contribution in [0.25, 0.3) is 0 Å². The second-order valence-corrected chi connectivity index (χ2v) is 6.00. The molecule has 0 heterocycles. The van der Waals surface area contributed by atoms with Gasteiger partial charge in [0, 0.05) is 5.56 Å². The average Bonchev–Trinajstić information content (AvgIpc) is 2.77. The first kappa shape index (κ1) is 19.2. The first-order chi connectivity index (χ1) is 13.7. The first-order valence-corrected chi connectivity index (χ1v) is 8.77. The topological polar surface area (TPSA) is 61.8 Å². The van der Waals surface area contributed by atoms with Crippen LogP contribution in [0.3, 0.4) is 0 Å². The van der Waals surface area contributed by atoms with Crippen molar-refractivity contribution in [3.8, 4) is 11.5 Å². The van der Waals surface area contributed by atoms with Gasteiger partial charge in [-0.05, 0) is 29.8 Å². The van der Waals surface area contributed by atoms with Gasteiger partial charge in [-0.3, -0.25) is 4.79 Å². The second-order valence-electron chi connectivity index (χ2n) is 6.00. The van der Waals surface area contributed by atoms with Crippen LogP contribution in [-0.4, -0.2) is 25.5 Å². The maximum Gasteiger partial charge on any atom is 0.338 e. The van der Waals surface area contributed by atoms with Crippen LogP contribution in [-0.2, 0) is 11.3 Å². The van der Waals surface area contributed by atoms with E-state index in [0.717, 1.165) is 5.56 Å². The van der Waals surface area contributed by atoms with E-state index in [1.807, 2.05) is 30.3 Å². The molecule has 0 saturated heterocycles. The Morgan fingerprint density at radius 3 is 2.07 bits per heavy atom. The van der Waals surface area contributed by atoms with E-state index in [1.54, 1.807) is 55.6 Å². The SMILES string of the molecule is COc1ccccc1OCc1ccc(C(=O)OCC(=O)c2ccccc2)cc1. The van der Waals surface area contributed by atoms with Crippen LogP contribution in [0.5, 0.6) is 11.5 Å². The molecule has 3 rings (SSSR count). The number of methoxy groups -OCH3 is 1. The molecule has 0 aliphatic rings. The number of para-hydroxylation sites is 2. The van der Waals surface area contributed by atoms with Crippen molar-refractivity contribution in [2.24, 2.45) is 0 Å². The highest BCUT2D eigenvalue weighted by Crippen LogP contribution is 2.26. The molecule has 0 amide bonds. The van der Waals surface area contributed by atoms with Crippen LogP contribution in [0, 0.1) is 0 Å². The average molecular weight is 376 g/mol. The molecule has 0 aromatic heterocycles. The lowest BCUT2D eigenvalue weighted by Crippen LogP contribution is -2.14. The second kappa shape index (κ2) is 9.37. The molecule has 0 atom stereocenters. The summed E-state index contributed by atoms with van der Waals surface area (Å²) in [6, 6.07) is 23.0. The number of carbonyl (C=O) groups excluding carboxylic acids is 2. The van der Waals surface area contributed by atoms with E-state index in [4.69, 9.17) is 14.2 Å². The van der Waals surface area contributed by atoms with Gasteiger partial charge in [0.2, 0.25) is 0 Å². The Kier molecular flexibility index (Phi) is 6.41. The molecule has 0 saturated carbocycles. The molecule has 3 aromatic carbocycles. The molecule has 0 radical (unpaired) electrons.